The molecule has 1 aromatic heterocycles. The number of nitrogens with one attached hydrogen (secondary N) is 1. The van der Waals surface area contributed by atoms with Gasteiger partial charge in [-0.25, -0.2) is 4.79 Å². The SMILES string of the molecule is CCn1nc(C)cc1C(=O)Nc1ccc(Br)c(C(=O)O)c1. The Morgan fingerprint density at radius 2 is 2.10 bits per heavy atom. The average Bonchev–Trinajstić information content (AvgIpc) is 2.82. The predicted molar refractivity (Wildman–Crippen MR) is 81.7 cm³/mol. The number of carboxylic acids is 1. The average molecular weight is 352 g/mol. The van der Waals surface area contributed by atoms with Gasteiger partial charge < -0.3 is 10.4 Å². The summed E-state index contributed by atoms with van der Waals surface area (Å²) in [4.78, 5) is 23.3. The first kappa shape index (κ1) is 15.2. The van der Waals surface area contributed by atoms with E-state index in [0.29, 0.717) is 22.4 Å². The van der Waals surface area contributed by atoms with Gasteiger partial charge in [-0.1, -0.05) is 0 Å². The van der Waals surface area contributed by atoms with Crippen LogP contribution in [-0.2, 0) is 6.54 Å². The summed E-state index contributed by atoms with van der Waals surface area (Å²) in [5.41, 5.74) is 1.70. The van der Waals surface area contributed by atoms with Gasteiger partial charge in [-0.2, -0.15) is 5.10 Å². The number of aryl methyl sites for hydroxylation is 2. The number of aromatic nitrogens is 2. The van der Waals surface area contributed by atoms with E-state index >= 15 is 0 Å². The van der Waals surface area contributed by atoms with Crippen molar-refractivity contribution in [2.45, 2.75) is 20.4 Å². The van der Waals surface area contributed by atoms with Crippen molar-refractivity contribution in [2.75, 3.05) is 5.32 Å². The lowest BCUT2D eigenvalue weighted by Crippen LogP contribution is -2.17. The number of nitrogens with zero attached hydrogens (tertiary/aromatic N) is 2. The number of benzene rings is 1. The zero-order valence-corrected chi connectivity index (χ0v) is 13.1. The number of carboxylic acid groups (broad SMARTS) is 1. The summed E-state index contributed by atoms with van der Waals surface area (Å²) in [6, 6.07) is 6.31. The summed E-state index contributed by atoms with van der Waals surface area (Å²) in [5.74, 6) is -1.39. The van der Waals surface area contributed by atoms with Gasteiger partial charge >= 0.3 is 5.97 Å². The maximum absolute atomic E-state index is 12.2. The monoisotopic (exact) mass is 351 g/mol. The second-order valence-electron chi connectivity index (χ2n) is 4.44. The summed E-state index contributed by atoms with van der Waals surface area (Å²) in [7, 11) is 0. The van der Waals surface area contributed by atoms with Gasteiger partial charge in [0.15, 0.2) is 0 Å². The third-order valence-corrected chi connectivity index (χ3v) is 3.58. The maximum atomic E-state index is 12.2. The van der Waals surface area contributed by atoms with Crippen molar-refractivity contribution in [1.82, 2.24) is 9.78 Å². The fraction of sp³-hybridized carbons (Fsp3) is 0.214. The van der Waals surface area contributed by atoms with E-state index < -0.39 is 5.97 Å². The second-order valence-corrected chi connectivity index (χ2v) is 5.29. The van der Waals surface area contributed by atoms with Gasteiger partial charge in [0.2, 0.25) is 0 Å². The summed E-state index contributed by atoms with van der Waals surface area (Å²) in [6.45, 7) is 4.29. The molecule has 0 spiro atoms. The molecule has 0 unspecified atom stereocenters. The standard InChI is InChI=1S/C14H14BrN3O3/c1-3-18-12(6-8(2)17-18)13(19)16-9-4-5-11(15)10(7-9)14(20)21/h4-7H,3H2,1-2H3,(H,16,19)(H,20,21). The van der Waals surface area contributed by atoms with Crippen molar-refractivity contribution in [3.63, 3.8) is 0 Å². The first-order valence-corrected chi connectivity index (χ1v) is 7.10. The van der Waals surface area contributed by atoms with Crippen LogP contribution in [0.1, 0.15) is 33.5 Å². The molecular formula is C14H14BrN3O3. The Morgan fingerprint density at radius 1 is 1.38 bits per heavy atom. The first-order chi connectivity index (χ1) is 9.92. The Balaban J connectivity index is 2.27. The molecule has 1 amide bonds. The van der Waals surface area contributed by atoms with E-state index in [-0.39, 0.29) is 11.5 Å². The summed E-state index contributed by atoms with van der Waals surface area (Å²) in [5, 5.41) is 16.0. The second kappa shape index (κ2) is 6.09. The molecule has 0 aliphatic heterocycles. The molecule has 2 aromatic rings. The van der Waals surface area contributed by atoms with Crippen LogP contribution in [-0.4, -0.2) is 26.8 Å². The van der Waals surface area contributed by atoms with E-state index in [2.05, 4.69) is 26.3 Å². The van der Waals surface area contributed by atoms with E-state index in [1.807, 2.05) is 13.8 Å². The van der Waals surface area contributed by atoms with Gasteiger partial charge in [0, 0.05) is 16.7 Å². The number of amides is 1. The summed E-state index contributed by atoms with van der Waals surface area (Å²) < 4.78 is 2.06. The Kier molecular flexibility index (Phi) is 4.42. The maximum Gasteiger partial charge on any atom is 0.336 e. The molecule has 0 saturated heterocycles. The number of hydrogen-bond donors (Lipinski definition) is 2. The zero-order valence-electron chi connectivity index (χ0n) is 11.6. The Morgan fingerprint density at radius 3 is 2.71 bits per heavy atom. The number of anilines is 1. The minimum absolute atomic E-state index is 0.0907. The molecule has 0 saturated carbocycles. The summed E-state index contributed by atoms with van der Waals surface area (Å²) >= 11 is 3.16. The van der Waals surface area contributed by atoms with Crippen molar-refractivity contribution in [3.8, 4) is 0 Å². The van der Waals surface area contributed by atoms with Crippen LogP contribution < -0.4 is 5.32 Å². The van der Waals surface area contributed by atoms with Crippen LogP contribution in [0.15, 0.2) is 28.7 Å². The molecule has 0 radical (unpaired) electrons. The number of aromatic carboxylic acids is 1. The molecule has 2 N–H and O–H groups in total. The van der Waals surface area contributed by atoms with Crippen molar-refractivity contribution in [1.29, 1.82) is 0 Å². The highest BCUT2D eigenvalue weighted by Crippen LogP contribution is 2.21. The Bertz CT molecular complexity index is 709. The molecule has 21 heavy (non-hydrogen) atoms. The van der Waals surface area contributed by atoms with Crippen LogP contribution in [0.4, 0.5) is 5.69 Å². The molecular weight excluding hydrogens is 338 g/mol. The minimum atomic E-state index is -1.06. The molecule has 6 nitrogen and oxygen atoms in total. The highest BCUT2D eigenvalue weighted by Gasteiger charge is 2.15. The van der Waals surface area contributed by atoms with Gasteiger partial charge in [0.1, 0.15) is 5.69 Å². The van der Waals surface area contributed by atoms with Crippen molar-refractivity contribution in [2.24, 2.45) is 0 Å². The fourth-order valence-corrected chi connectivity index (χ4v) is 2.35. The number of hydrogen-bond acceptors (Lipinski definition) is 3. The molecule has 0 fully saturated rings. The van der Waals surface area contributed by atoms with Gasteiger partial charge in [0.05, 0.1) is 11.3 Å². The molecule has 110 valence electrons. The molecule has 2 rings (SSSR count). The Labute approximate surface area is 129 Å². The van der Waals surface area contributed by atoms with E-state index in [4.69, 9.17) is 5.11 Å². The van der Waals surface area contributed by atoms with Crippen LogP contribution in [0.25, 0.3) is 0 Å². The molecule has 7 heteroatoms. The van der Waals surface area contributed by atoms with E-state index in [1.54, 1.807) is 22.9 Å². The predicted octanol–water partition coefficient (Wildman–Crippen LogP) is 2.92. The zero-order chi connectivity index (χ0) is 15.6. The van der Waals surface area contributed by atoms with E-state index in [0.717, 1.165) is 5.69 Å². The molecule has 0 bridgehead atoms. The third kappa shape index (κ3) is 3.30. The highest BCUT2D eigenvalue weighted by molar-refractivity contribution is 9.10. The topological polar surface area (TPSA) is 84.2 Å². The van der Waals surface area contributed by atoms with Crippen molar-refractivity contribution < 1.29 is 14.7 Å². The molecule has 1 heterocycles. The first-order valence-electron chi connectivity index (χ1n) is 6.31. The van der Waals surface area contributed by atoms with Crippen LogP contribution in [0, 0.1) is 6.92 Å². The van der Waals surface area contributed by atoms with Gasteiger partial charge in [-0.05, 0) is 54.0 Å². The molecule has 0 aliphatic rings. The van der Waals surface area contributed by atoms with Crippen LogP contribution in [0.3, 0.4) is 0 Å². The molecule has 1 aromatic carbocycles. The molecule has 0 aliphatic carbocycles. The van der Waals surface area contributed by atoms with Crippen LogP contribution in [0.5, 0.6) is 0 Å². The quantitative estimate of drug-likeness (QED) is 0.886. The molecule has 0 atom stereocenters. The fourth-order valence-electron chi connectivity index (χ4n) is 1.93. The van der Waals surface area contributed by atoms with E-state index in [9.17, 15) is 9.59 Å². The smallest absolute Gasteiger partial charge is 0.336 e. The number of carbonyl (C=O) groups is 2. The van der Waals surface area contributed by atoms with Gasteiger partial charge in [-0.3, -0.25) is 9.48 Å². The van der Waals surface area contributed by atoms with E-state index in [1.165, 1.54) is 6.07 Å². The summed E-state index contributed by atoms with van der Waals surface area (Å²) in [6.07, 6.45) is 0. The minimum Gasteiger partial charge on any atom is -0.478 e. The Hall–Kier alpha value is -2.15. The normalized spacial score (nSPS) is 10.4. The van der Waals surface area contributed by atoms with Crippen molar-refractivity contribution in [3.05, 3.63) is 45.7 Å². The van der Waals surface area contributed by atoms with Crippen molar-refractivity contribution >= 4 is 33.5 Å². The van der Waals surface area contributed by atoms with Gasteiger partial charge in [0.25, 0.3) is 5.91 Å². The number of halogens is 1. The van der Waals surface area contributed by atoms with Gasteiger partial charge in [-0.15, -0.1) is 0 Å². The lowest BCUT2D eigenvalue weighted by Gasteiger charge is -2.08. The number of carbonyl (C=O) groups excluding carboxylic acids is 1. The lowest BCUT2D eigenvalue weighted by molar-refractivity contribution is 0.0695. The van der Waals surface area contributed by atoms with Crippen LogP contribution in [0.2, 0.25) is 0 Å². The highest BCUT2D eigenvalue weighted by atomic mass is 79.9. The van der Waals surface area contributed by atoms with Crippen LogP contribution >= 0.6 is 15.9 Å². The lowest BCUT2D eigenvalue weighted by atomic mass is 10.2. The number of rotatable bonds is 4. The largest absolute Gasteiger partial charge is 0.478 e. The third-order valence-electron chi connectivity index (χ3n) is 2.89.